The van der Waals surface area contributed by atoms with Crippen molar-refractivity contribution in [2.24, 2.45) is 0 Å². The Morgan fingerprint density at radius 2 is 1.86 bits per heavy atom. The number of hydrogen-bond donors (Lipinski definition) is 1. The van der Waals surface area contributed by atoms with E-state index in [-0.39, 0.29) is 11.1 Å². The van der Waals surface area contributed by atoms with Gasteiger partial charge in [-0.3, -0.25) is 9.71 Å². The lowest BCUT2D eigenvalue weighted by Gasteiger charge is -2.13. The van der Waals surface area contributed by atoms with Gasteiger partial charge >= 0.3 is 0 Å². The van der Waals surface area contributed by atoms with Crippen LogP contribution in [-0.4, -0.2) is 23.2 Å². The number of aromatic nitrogens is 3. The number of nitrogens with one attached hydrogen (secondary N) is 1. The van der Waals surface area contributed by atoms with Crippen LogP contribution >= 0.6 is 0 Å². The fourth-order valence-electron chi connectivity index (χ4n) is 2.29. The number of rotatable bonds is 4. The van der Waals surface area contributed by atoms with Crippen LogP contribution < -0.4 is 4.72 Å². The molecule has 2 aromatic heterocycles. The number of anilines is 1. The van der Waals surface area contributed by atoms with Crippen molar-refractivity contribution in [1.82, 2.24) is 14.8 Å². The molecule has 0 amide bonds. The number of para-hydroxylation sites is 1. The molecule has 3 rings (SSSR count). The van der Waals surface area contributed by atoms with Gasteiger partial charge in [-0.05, 0) is 32.0 Å². The maximum atomic E-state index is 12.6. The second kappa shape index (κ2) is 5.42. The second-order valence-electron chi connectivity index (χ2n) is 5.19. The molecule has 0 spiro atoms. The zero-order chi connectivity index (χ0) is 15.7. The average Bonchev–Trinajstić information content (AvgIpc) is 2.98. The Balaban J connectivity index is 2.06. The minimum atomic E-state index is -3.73. The summed E-state index contributed by atoms with van der Waals surface area (Å²) in [6.07, 6.45) is 3.12. The molecule has 6 nitrogen and oxygen atoms in total. The first kappa shape index (κ1) is 14.5. The van der Waals surface area contributed by atoms with E-state index in [4.69, 9.17) is 0 Å². The van der Waals surface area contributed by atoms with Crippen LogP contribution in [0.2, 0.25) is 0 Å². The zero-order valence-corrected chi connectivity index (χ0v) is 13.1. The van der Waals surface area contributed by atoms with Crippen LogP contribution in [0.3, 0.4) is 0 Å². The zero-order valence-electron chi connectivity index (χ0n) is 12.3. The highest BCUT2D eigenvalue weighted by Gasteiger charge is 2.21. The van der Waals surface area contributed by atoms with Crippen LogP contribution in [0.5, 0.6) is 0 Å². The first-order valence-electron chi connectivity index (χ1n) is 6.89. The van der Waals surface area contributed by atoms with Crippen LogP contribution in [-0.2, 0) is 10.0 Å². The summed E-state index contributed by atoms with van der Waals surface area (Å²) in [6, 6.07) is 10.5. The van der Waals surface area contributed by atoms with Crippen LogP contribution in [0, 0.1) is 0 Å². The van der Waals surface area contributed by atoms with Gasteiger partial charge in [0.2, 0.25) is 0 Å². The highest BCUT2D eigenvalue weighted by Crippen LogP contribution is 2.24. The van der Waals surface area contributed by atoms with Crippen molar-refractivity contribution in [1.29, 1.82) is 0 Å². The summed E-state index contributed by atoms with van der Waals surface area (Å²) < 4.78 is 29.3. The molecule has 0 unspecified atom stereocenters. The van der Waals surface area contributed by atoms with E-state index in [1.807, 2.05) is 32.0 Å². The Bertz CT molecular complexity index is 911. The Hall–Kier alpha value is -2.41. The van der Waals surface area contributed by atoms with Gasteiger partial charge in [0.1, 0.15) is 0 Å². The minimum Gasteiger partial charge on any atom is -0.276 e. The van der Waals surface area contributed by atoms with E-state index < -0.39 is 10.0 Å². The molecular formula is C15H16N4O2S. The largest absolute Gasteiger partial charge is 0.279 e. The van der Waals surface area contributed by atoms with Crippen molar-refractivity contribution in [3.63, 3.8) is 0 Å². The smallest absolute Gasteiger partial charge is 0.276 e. The highest BCUT2D eigenvalue weighted by atomic mass is 32.2. The van der Waals surface area contributed by atoms with Crippen molar-refractivity contribution >= 4 is 26.6 Å². The number of benzene rings is 1. The summed E-state index contributed by atoms with van der Waals surface area (Å²) in [7, 11) is -3.73. The summed E-state index contributed by atoms with van der Waals surface area (Å²) in [5.74, 6) is 0. The molecular weight excluding hydrogens is 300 g/mol. The Morgan fingerprint density at radius 3 is 2.64 bits per heavy atom. The van der Waals surface area contributed by atoms with Gasteiger partial charge in [-0.1, -0.05) is 18.2 Å². The van der Waals surface area contributed by atoms with E-state index in [9.17, 15) is 8.42 Å². The van der Waals surface area contributed by atoms with Gasteiger partial charge < -0.3 is 0 Å². The predicted molar refractivity (Wildman–Crippen MR) is 85.2 cm³/mol. The summed E-state index contributed by atoms with van der Waals surface area (Å²) in [4.78, 5) is 4.25. The fourth-order valence-corrected chi connectivity index (χ4v) is 3.59. The molecule has 0 atom stereocenters. The van der Waals surface area contributed by atoms with Crippen LogP contribution in [0.15, 0.2) is 53.8 Å². The molecule has 0 aliphatic heterocycles. The second-order valence-corrected chi connectivity index (χ2v) is 6.82. The Kier molecular flexibility index (Phi) is 3.58. The van der Waals surface area contributed by atoms with Crippen LogP contribution in [0.4, 0.5) is 5.69 Å². The molecule has 0 bridgehead atoms. The van der Waals surface area contributed by atoms with Gasteiger partial charge in [0.15, 0.2) is 5.03 Å². The van der Waals surface area contributed by atoms with Crippen molar-refractivity contribution in [3.8, 4) is 0 Å². The number of hydrogen-bond acceptors (Lipinski definition) is 4. The Labute approximate surface area is 128 Å². The molecule has 7 heteroatoms. The molecule has 0 saturated carbocycles. The van der Waals surface area contributed by atoms with E-state index in [1.165, 1.54) is 16.9 Å². The number of pyridine rings is 1. The molecule has 0 radical (unpaired) electrons. The molecule has 0 aliphatic rings. The first-order chi connectivity index (χ1) is 10.5. The summed E-state index contributed by atoms with van der Waals surface area (Å²) >= 11 is 0. The monoisotopic (exact) mass is 316 g/mol. The van der Waals surface area contributed by atoms with Crippen LogP contribution in [0.25, 0.3) is 10.9 Å². The molecule has 1 N–H and O–H groups in total. The molecule has 0 saturated heterocycles. The Morgan fingerprint density at radius 1 is 1.09 bits per heavy atom. The average molecular weight is 316 g/mol. The highest BCUT2D eigenvalue weighted by molar-refractivity contribution is 7.92. The number of fused-ring (bicyclic) bond motifs is 1. The summed E-state index contributed by atoms with van der Waals surface area (Å²) in [5, 5.41) is 5.08. The van der Waals surface area contributed by atoms with Gasteiger partial charge in [-0.25, -0.2) is 4.68 Å². The van der Waals surface area contributed by atoms with Crippen molar-refractivity contribution in [2.75, 3.05) is 4.72 Å². The molecule has 114 valence electrons. The van der Waals surface area contributed by atoms with E-state index in [2.05, 4.69) is 14.8 Å². The number of sulfonamides is 1. The van der Waals surface area contributed by atoms with E-state index in [0.717, 1.165) is 5.39 Å². The quantitative estimate of drug-likeness (QED) is 0.803. The topological polar surface area (TPSA) is 76.9 Å². The van der Waals surface area contributed by atoms with Crippen molar-refractivity contribution < 1.29 is 8.42 Å². The maximum Gasteiger partial charge on any atom is 0.279 e. The molecule has 3 aromatic rings. The van der Waals surface area contributed by atoms with Crippen molar-refractivity contribution in [2.45, 2.75) is 24.9 Å². The molecule has 22 heavy (non-hydrogen) atoms. The van der Waals surface area contributed by atoms with Gasteiger partial charge in [0.25, 0.3) is 10.0 Å². The lowest BCUT2D eigenvalue weighted by Crippen LogP contribution is -2.19. The molecule has 2 heterocycles. The third kappa shape index (κ3) is 2.55. The van der Waals surface area contributed by atoms with Gasteiger partial charge in [0, 0.05) is 17.6 Å². The molecule has 0 aliphatic carbocycles. The van der Waals surface area contributed by atoms with Crippen LogP contribution in [0.1, 0.15) is 19.9 Å². The van der Waals surface area contributed by atoms with E-state index in [1.54, 1.807) is 18.3 Å². The third-order valence-corrected chi connectivity index (χ3v) is 4.64. The van der Waals surface area contributed by atoms with Gasteiger partial charge in [0.05, 0.1) is 17.4 Å². The molecule has 0 fully saturated rings. The fraction of sp³-hybridized carbons (Fsp3) is 0.200. The summed E-state index contributed by atoms with van der Waals surface area (Å²) in [6.45, 7) is 3.76. The van der Waals surface area contributed by atoms with E-state index in [0.29, 0.717) is 11.2 Å². The SMILES string of the molecule is CC(C)n1nccc1S(=O)(=O)Nc1cccc2cccnc12. The minimum absolute atomic E-state index is 0.0489. The number of nitrogens with zero attached hydrogens (tertiary/aromatic N) is 3. The van der Waals surface area contributed by atoms with Gasteiger partial charge in [-0.15, -0.1) is 0 Å². The first-order valence-corrected chi connectivity index (χ1v) is 8.37. The maximum absolute atomic E-state index is 12.6. The lowest BCUT2D eigenvalue weighted by atomic mass is 10.2. The normalized spacial score (nSPS) is 12.0. The predicted octanol–water partition coefficient (Wildman–Crippen LogP) is 2.81. The van der Waals surface area contributed by atoms with Crippen molar-refractivity contribution in [3.05, 3.63) is 48.8 Å². The van der Waals surface area contributed by atoms with E-state index >= 15 is 0 Å². The summed E-state index contributed by atoms with van der Waals surface area (Å²) in [5.41, 5.74) is 1.07. The lowest BCUT2D eigenvalue weighted by molar-refractivity contribution is 0.480. The molecule has 1 aromatic carbocycles. The third-order valence-electron chi connectivity index (χ3n) is 3.28. The van der Waals surface area contributed by atoms with Gasteiger partial charge in [-0.2, -0.15) is 13.5 Å². The standard InChI is InChI=1S/C15H16N4O2S/c1-11(2)19-14(8-10-17-19)22(20,21)18-13-7-3-5-12-6-4-9-16-15(12)13/h3-11,18H,1-2H3.